The zero-order valence-corrected chi connectivity index (χ0v) is 13.0. The van der Waals surface area contributed by atoms with Crippen molar-refractivity contribution >= 4 is 5.97 Å². The van der Waals surface area contributed by atoms with Crippen LogP contribution in [-0.2, 0) is 4.74 Å². The zero-order valence-electron chi connectivity index (χ0n) is 13.0. The summed E-state index contributed by atoms with van der Waals surface area (Å²) in [5, 5.41) is 3.35. The van der Waals surface area contributed by atoms with Crippen LogP contribution in [0.4, 0.5) is 0 Å². The molecule has 0 unspecified atom stereocenters. The monoisotopic (exact) mass is 275 g/mol. The molecule has 0 aliphatic carbocycles. The second-order valence-corrected chi connectivity index (χ2v) is 6.26. The standard InChI is InChI=1S/C17H25NO2/c1-12-6-5-7-15(13(12)2)16(19)20-17(3,4)14-8-10-18-11-9-14/h5-7,14,18H,8-11H2,1-4H3. The van der Waals surface area contributed by atoms with Crippen LogP contribution in [0.2, 0.25) is 0 Å². The highest BCUT2D eigenvalue weighted by molar-refractivity contribution is 5.91. The Hall–Kier alpha value is -1.35. The maximum Gasteiger partial charge on any atom is 0.338 e. The fourth-order valence-electron chi connectivity index (χ4n) is 2.87. The van der Waals surface area contributed by atoms with E-state index in [4.69, 9.17) is 4.74 Å². The van der Waals surface area contributed by atoms with Crippen molar-refractivity contribution in [3.8, 4) is 0 Å². The molecule has 20 heavy (non-hydrogen) atoms. The number of ether oxygens (including phenoxy) is 1. The molecular formula is C17H25NO2. The minimum atomic E-state index is -0.407. The van der Waals surface area contributed by atoms with Gasteiger partial charge in [-0.25, -0.2) is 4.79 Å². The van der Waals surface area contributed by atoms with Gasteiger partial charge in [-0.2, -0.15) is 0 Å². The quantitative estimate of drug-likeness (QED) is 0.861. The molecule has 1 aromatic carbocycles. The third-order valence-corrected chi connectivity index (χ3v) is 4.50. The number of carbonyl (C=O) groups is 1. The van der Waals surface area contributed by atoms with Gasteiger partial charge >= 0.3 is 5.97 Å². The van der Waals surface area contributed by atoms with Crippen LogP contribution in [0.5, 0.6) is 0 Å². The number of rotatable bonds is 3. The van der Waals surface area contributed by atoms with E-state index in [0.29, 0.717) is 11.5 Å². The molecule has 0 radical (unpaired) electrons. The normalized spacial score (nSPS) is 17.0. The van der Waals surface area contributed by atoms with E-state index in [9.17, 15) is 4.79 Å². The summed E-state index contributed by atoms with van der Waals surface area (Å²) < 4.78 is 5.83. The SMILES string of the molecule is Cc1cccc(C(=O)OC(C)(C)C2CCNCC2)c1C. The smallest absolute Gasteiger partial charge is 0.338 e. The van der Waals surface area contributed by atoms with Gasteiger partial charge in [0, 0.05) is 5.92 Å². The van der Waals surface area contributed by atoms with Crippen molar-refractivity contribution in [1.82, 2.24) is 5.32 Å². The number of carbonyl (C=O) groups excluding carboxylic acids is 1. The van der Waals surface area contributed by atoms with E-state index >= 15 is 0 Å². The van der Waals surface area contributed by atoms with Crippen molar-refractivity contribution in [3.05, 3.63) is 34.9 Å². The molecule has 3 nitrogen and oxygen atoms in total. The van der Waals surface area contributed by atoms with E-state index < -0.39 is 5.60 Å². The van der Waals surface area contributed by atoms with Gasteiger partial charge in [-0.15, -0.1) is 0 Å². The molecule has 0 aromatic heterocycles. The van der Waals surface area contributed by atoms with Crippen molar-refractivity contribution in [1.29, 1.82) is 0 Å². The Morgan fingerprint density at radius 3 is 2.55 bits per heavy atom. The van der Waals surface area contributed by atoms with Gasteiger partial charge < -0.3 is 10.1 Å². The molecule has 0 bridgehead atoms. The van der Waals surface area contributed by atoms with Crippen LogP contribution in [0, 0.1) is 19.8 Å². The number of hydrogen-bond donors (Lipinski definition) is 1. The third kappa shape index (κ3) is 3.21. The molecule has 2 rings (SSSR count). The average molecular weight is 275 g/mol. The minimum absolute atomic E-state index is 0.199. The van der Waals surface area contributed by atoms with Crippen LogP contribution in [0.1, 0.15) is 48.2 Å². The summed E-state index contributed by atoms with van der Waals surface area (Å²) in [7, 11) is 0. The largest absolute Gasteiger partial charge is 0.456 e. The Morgan fingerprint density at radius 1 is 1.25 bits per heavy atom. The number of aryl methyl sites for hydroxylation is 1. The van der Waals surface area contributed by atoms with Crippen LogP contribution >= 0.6 is 0 Å². The highest BCUT2D eigenvalue weighted by Crippen LogP contribution is 2.30. The summed E-state index contributed by atoms with van der Waals surface area (Å²) in [4.78, 5) is 12.4. The van der Waals surface area contributed by atoms with Gasteiger partial charge in [-0.05, 0) is 70.8 Å². The lowest BCUT2D eigenvalue weighted by Crippen LogP contribution is -2.42. The van der Waals surface area contributed by atoms with E-state index in [1.807, 2.05) is 45.9 Å². The summed E-state index contributed by atoms with van der Waals surface area (Å²) in [6, 6.07) is 5.78. The Balaban J connectivity index is 2.11. The number of piperidine rings is 1. The lowest BCUT2D eigenvalue weighted by Gasteiger charge is -2.36. The first-order valence-corrected chi connectivity index (χ1v) is 7.42. The van der Waals surface area contributed by atoms with Crippen LogP contribution < -0.4 is 5.32 Å². The first-order chi connectivity index (χ1) is 9.42. The molecule has 0 atom stereocenters. The summed E-state index contributed by atoms with van der Waals surface area (Å²) in [5.41, 5.74) is 2.42. The molecule has 0 spiro atoms. The number of hydrogen-bond acceptors (Lipinski definition) is 3. The Kier molecular flexibility index (Phi) is 4.48. The maximum atomic E-state index is 12.4. The van der Waals surface area contributed by atoms with Crippen LogP contribution in [0.3, 0.4) is 0 Å². The van der Waals surface area contributed by atoms with Crippen molar-refractivity contribution in [2.45, 2.75) is 46.1 Å². The maximum absolute atomic E-state index is 12.4. The topological polar surface area (TPSA) is 38.3 Å². The lowest BCUT2D eigenvalue weighted by molar-refractivity contribution is -0.0368. The Bertz CT molecular complexity index is 488. The predicted molar refractivity (Wildman–Crippen MR) is 81.0 cm³/mol. The average Bonchev–Trinajstić information content (AvgIpc) is 2.42. The number of benzene rings is 1. The van der Waals surface area contributed by atoms with E-state index in [1.165, 1.54) is 0 Å². The first kappa shape index (κ1) is 15.0. The number of nitrogens with one attached hydrogen (secondary N) is 1. The van der Waals surface area contributed by atoms with E-state index in [-0.39, 0.29) is 5.97 Å². The molecule has 1 fully saturated rings. The molecular weight excluding hydrogens is 250 g/mol. The lowest BCUT2D eigenvalue weighted by atomic mass is 9.83. The molecule has 3 heteroatoms. The molecule has 1 aliphatic rings. The van der Waals surface area contributed by atoms with Crippen LogP contribution in [-0.4, -0.2) is 24.7 Å². The fourth-order valence-corrected chi connectivity index (χ4v) is 2.87. The second-order valence-electron chi connectivity index (χ2n) is 6.26. The second kappa shape index (κ2) is 5.96. The molecule has 110 valence electrons. The third-order valence-electron chi connectivity index (χ3n) is 4.50. The fraction of sp³-hybridized carbons (Fsp3) is 0.588. The van der Waals surface area contributed by atoms with Crippen molar-refractivity contribution in [3.63, 3.8) is 0 Å². The summed E-state index contributed by atoms with van der Waals surface area (Å²) in [6.45, 7) is 10.1. The Morgan fingerprint density at radius 2 is 1.90 bits per heavy atom. The van der Waals surface area contributed by atoms with Gasteiger partial charge in [-0.3, -0.25) is 0 Å². The van der Waals surface area contributed by atoms with Gasteiger partial charge in [0.05, 0.1) is 5.56 Å². The highest BCUT2D eigenvalue weighted by atomic mass is 16.6. The van der Waals surface area contributed by atoms with Crippen molar-refractivity contribution in [2.75, 3.05) is 13.1 Å². The summed E-state index contributed by atoms with van der Waals surface area (Å²) in [6.07, 6.45) is 2.13. The van der Waals surface area contributed by atoms with Crippen LogP contribution in [0.15, 0.2) is 18.2 Å². The molecule has 0 amide bonds. The number of esters is 1. The van der Waals surface area contributed by atoms with Gasteiger partial charge in [0.1, 0.15) is 5.60 Å². The zero-order chi connectivity index (χ0) is 14.8. The molecule has 1 aliphatic heterocycles. The van der Waals surface area contributed by atoms with E-state index in [1.54, 1.807) is 0 Å². The predicted octanol–water partition coefficient (Wildman–Crippen LogP) is 3.24. The molecule has 1 aromatic rings. The first-order valence-electron chi connectivity index (χ1n) is 7.42. The van der Waals surface area contributed by atoms with Gasteiger partial charge in [0.15, 0.2) is 0 Å². The van der Waals surface area contributed by atoms with Crippen molar-refractivity contribution in [2.24, 2.45) is 5.92 Å². The molecule has 1 heterocycles. The minimum Gasteiger partial charge on any atom is -0.456 e. The highest BCUT2D eigenvalue weighted by Gasteiger charge is 2.34. The van der Waals surface area contributed by atoms with E-state index in [0.717, 1.165) is 37.1 Å². The summed E-state index contributed by atoms with van der Waals surface area (Å²) in [5.74, 6) is 0.229. The van der Waals surface area contributed by atoms with Gasteiger partial charge in [0.25, 0.3) is 0 Å². The van der Waals surface area contributed by atoms with Gasteiger partial charge in [0.2, 0.25) is 0 Å². The van der Waals surface area contributed by atoms with Crippen LogP contribution in [0.25, 0.3) is 0 Å². The van der Waals surface area contributed by atoms with Gasteiger partial charge in [-0.1, -0.05) is 12.1 Å². The molecule has 1 saturated heterocycles. The molecule has 1 N–H and O–H groups in total. The van der Waals surface area contributed by atoms with E-state index in [2.05, 4.69) is 5.32 Å². The molecule has 0 saturated carbocycles. The van der Waals surface area contributed by atoms with Crippen molar-refractivity contribution < 1.29 is 9.53 Å². The Labute approximate surface area is 121 Å². The summed E-state index contributed by atoms with van der Waals surface area (Å²) >= 11 is 0.